The first-order chi connectivity index (χ1) is 18.1. The molecule has 0 unspecified atom stereocenters. The predicted octanol–water partition coefficient (Wildman–Crippen LogP) is 3.97. The largest absolute Gasteiger partial charge is 0.497 e. The Balaban J connectivity index is 1.37. The molecule has 10 heteroatoms. The number of carbonyl (C=O) groups is 2. The zero-order chi connectivity index (χ0) is 25.6. The van der Waals surface area contributed by atoms with E-state index in [2.05, 4.69) is 4.90 Å². The molecule has 2 aromatic heterocycles. The topological polar surface area (TPSA) is 74.7 Å². The fourth-order valence-corrected chi connectivity index (χ4v) is 5.96. The molecule has 0 radical (unpaired) electrons. The van der Waals surface area contributed by atoms with Gasteiger partial charge in [-0.1, -0.05) is 24.3 Å². The third-order valence-corrected chi connectivity index (χ3v) is 8.38. The molecular formula is C27H30N4O4S2. The average Bonchev–Trinajstić information content (AvgIpc) is 3.73. The first-order valence-electron chi connectivity index (χ1n) is 12.3. The van der Waals surface area contributed by atoms with Crippen molar-refractivity contribution in [1.29, 1.82) is 0 Å². The number of ether oxygens (including phenoxy) is 2. The second-order valence-electron chi connectivity index (χ2n) is 8.91. The Labute approximate surface area is 224 Å². The molecule has 0 bridgehead atoms. The molecule has 37 heavy (non-hydrogen) atoms. The van der Waals surface area contributed by atoms with Gasteiger partial charge in [0.25, 0.3) is 11.8 Å². The molecule has 2 amide bonds. The highest BCUT2D eigenvalue weighted by molar-refractivity contribution is 7.12. The lowest BCUT2D eigenvalue weighted by Gasteiger charge is -2.31. The molecule has 0 spiro atoms. The van der Waals surface area contributed by atoms with E-state index >= 15 is 0 Å². The number of hydrogen-bond donors (Lipinski definition) is 0. The van der Waals surface area contributed by atoms with E-state index in [9.17, 15) is 9.59 Å². The van der Waals surface area contributed by atoms with E-state index in [1.165, 1.54) is 11.3 Å². The summed E-state index contributed by atoms with van der Waals surface area (Å²) in [5.74, 6) is 0.438. The Kier molecular flexibility index (Phi) is 8.30. The van der Waals surface area contributed by atoms with E-state index in [-0.39, 0.29) is 24.4 Å². The van der Waals surface area contributed by atoms with Crippen LogP contribution in [0.3, 0.4) is 0 Å². The van der Waals surface area contributed by atoms with Crippen LogP contribution in [-0.2, 0) is 9.53 Å². The summed E-state index contributed by atoms with van der Waals surface area (Å²) >= 11 is 3.00. The summed E-state index contributed by atoms with van der Waals surface area (Å²) in [6.45, 7) is 4.16. The molecule has 1 aromatic carbocycles. The number of carbonyl (C=O) groups excluding carboxylic acids is 2. The van der Waals surface area contributed by atoms with E-state index in [4.69, 9.17) is 14.6 Å². The van der Waals surface area contributed by atoms with Gasteiger partial charge in [0.2, 0.25) is 0 Å². The number of nitrogens with zero attached hydrogens (tertiary/aromatic N) is 4. The molecular weight excluding hydrogens is 508 g/mol. The number of thiophene rings is 2. The van der Waals surface area contributed by atoms with Crippen molar-refractivity contribution in [3.8, 4) is 5.75 Å². The van der Waals surface area contributed by atoms with Gasteiger partial charge in [0, 0.05) is 32.6 Å². The maximum atomic E-state index is 13.8. The van der Waals surface area contributed by atoms with Crippen LogP contribution in [0, 0.1) is 0 Å². The third-order valence-electron chi connectivity index (χ3n) is 6.61. The van der Waals surface area contributed by atoms with Crippen LogP contribution in [0.25, 0.3) is 0 Å². The monoisotopic (exact) mass is 538 g/mol. The highest BCUT2D eigenvalue weighted by Crippen LogP contribution is 2.34. The molecule has 194 valence electrons. The summed E-state index contributed by atoms with van der Waals surface area (Å²) in [6, 6.07) is 15.2. The van der Waals surface area contributed by atoms with Crippen LogP contribution in [0.1, 0.15) is 32.6 Å². The lowest BCUT2D eigenvalue weighted by Crippen LogP contribution is -2.46. The predicted molar refractivity (Wildman–Crippen MR) is 146 cm³/mol. The number of hydrazone groups is 1. The maximum absolute atomic E-state index is 13.8. The molecule has 4 heterocycles. The van der Waals surface area contributed by atoms with Crippen LogP contribution in [0.15, 0.2) is 64.4 Å². The number of methoxy groups -OCH3 is 1. The minimum atomic E-state index is -0.242. The van der Waals surface area contributed by atoms with Gasteiger partial charge in [0.1, 0.15) is 12.3 Å². The molecule has 8 nitrogen and oxygen atoms in total. The first kappa shape index (κ1) is 25.6. The number of amides is 2. The van der Waals surface area contributed by atoms with Crippen LogP contribution in [0.4, 0.5) is 0 Å². The molecule has 1 saturated heterocycles. The van der Waals surface area contributed by atoms with Gasteiger partial charge >= 0.3 is 0 Å². The van der Waals surface area contributed by atoms with E-state index in [0.717, 1.165) is 35.0 Å². The lowest BCUT2D eigenvalue weighted by atomic mass is 10.0. The van der Waals surface area contributed by atoms with Crippen molar-refractivity contribution in [2.45, 2.75) is 12.5 Å². The van der Waals surface area contributed by atoms with E-state index < -0.39 is 0 Å². The number of hydrogen-bond acceptors (Lipinski definition) is 8. The Bertz CT molecular complexity index is 1210. The smallest absolute Gasteiger partial charge is 0.264 e. The van der Waals surface area contributed by atoms with Crippen molar-refractivity contribution in [3.05, 3.63) is 74.6 Å². The fourth-order valence-electron chi connectivity index (χ4n) is 4.55. The van der Waals surface area contributed by atoms with Gasteiger partial charge in [-0.25, -0.2) is 5.01 Å². The molecule has 0 N–H and O–H groups in total. The second kappa shape index (κ2) is 12.0. The maximum Gasteiger partial charge on any atom is 0.264 e. The molecule has 2 aliphatic rings. The fraction of sp³-hybridized carbons (Fsp3) is 0.370. The molecule has 0 saturated carbocycles. The summed E-state index contributed by atoms with van der Waals surface area (Å²) in [6.07, 6.45) is 0.616. The van der Waals surface area contributed by atoms with Crippen molar-refractivity contribution in [1.82, 2.24) is 14.8 Å². The molecule has 1 atom stereocenters. The molecule has 5 rings (SSSR count). The van der Waals surface area contributed by atoms with Crippen molar-refractivity contribution < 1.29 is 19.1 Å². The van der Waals surface area contributed by atoms with Gasteiger partial charge in [0.15, 0.2) is 0 Å². The minimum absolute atomic E-state index is 0.0328. The second-order valence-corrected chi connectivity index (χ2v) is 10.8. The normalized spacial score (nSPS) is 18.0. The zero-order valence-electron chi connectivity index (χ0n) is 20.7. The molecule has 3 aromatic rings. The SMILES string of the molecule is COc1ccc([C@@H]2CC(c3cccs3)=NN2C(=O)CN(CCN2CCOCC2)C(=O)c2cccs2)cc1. The van der Waals surface area contributed by atoms with Crippen molar-refractivity contribution in [3.63, 3.8) is 0 Å². The zero-order valence-corrected chi connectivity index (χ0v) is 22.4. The van der Waals surface area contributed by atoms with Gasteiger partial charge < -0.3 is 14.4 Å². The van der Waals surface area contributed by atoms with Gasteiger partial charge in [-0.2, -0.15) is 5.10 Å². The van der Waals surface area contributed by atoms with Crippen LogP contribution >= 0.6 is 22.7 Å². The highest BCUT2D eigenvalue weighted by Gasteiger charge is 2.35. The average molecular weight is 539 g/mol. The first-order valence-corrected chi connectivity index (χ1v) is 14.1. The third kappa shape index (κ3) is 6.10. The van der Waals surface area contributed by atoms with Gasteiger partial charge in [0.05, 0.1) is 41.8 Å². The Morgan fingerprint density at radius 1 is 1.08 bits per heavy atom. The summed E-state index contributed by atoms with van der Waals surface area (Å²) < 4.78 is 10.8. The van der Waals surface area contributed by atoms with Crippen molar-refractivity contribution in [2.75, 3.05) is 53.0 Å². The summed E-state index contributed by atoms with van der Waals surface area (Å²) in [4.78, 5) is 32.8. The summed E-state index contributed by atoms with van der Waals surface area (Å²) in [5, 5.41) is 10.2. The number of benzene rings is 1. The minimum Gasteiger partial charge on any atom is -0.497 e. The van der Waals surface area contributed by atoms with Gasteiger partial charge in [-0.15, -0.1) is 22.7 Å². The Morgan fingerprint density at radius 2 is 1.84 bits per heavy atom. The standard InChI is InChI=1S/C27H30N4O4S2/c1-34-21-8-6-20(7-9-21)23-18-22(24-4-2-16-36-24)28-31(23)26(32)19-30(27(33)25-5-3-17-37-25)11-10-29-12-14-35-15-13-29/h2-9,16-17,23H,10-15,18-19H2,1H3/t23-/m0/s1. The number of morpholine rings is 1. The summed E-state index contributed by atoms with van der Waals surface area (Å²) in [5.41, 5.74) is 1.86. The van der Waals surface area contributed by atoms with Crippen LogP contribution in [-0.4, -0.2) is 85.4 Å². The highest BCUT2D eigenvalue weighted by atomic mass is 32.1. The summed E-state index contributed by atoms with van der Waals surface area (Å²) in [7, 11) is 1.63. The van der Waals surface area contributed by atoms with E-state index in [1.807, 2.05) is 59.3 Å². The number of rotatable bonds is 9. The van der Waals surface area contributed by atoms with Crippen LogP contribution < -0.4 is 4.74 Å². The quantitative estimate of drug-likeness (QED) is 0.412. The Hall–Kier alpha value is -3.05. The van der Waals surface area contributed by atoms with Gasteiger partial charge in [-0.3, -0.25) is 14.5 Å². The van der Waals surface area contributed by atoms with E-state index in [0.29, 0.717) is 37.6 Å². The van der Waals surface area contributed by atoms with Crippen LogP contribution in [0.2, 0.25) is 0 Å². The van der Waals surface area contributed by atoms with Crippen molar-refractivity contribution in [2.24, 2.45) is 5.10 Å². The van der Waals surface area contributed by atoms with Gasteiger partial charge in [-0.05, 0) is 40.6 Å². The van der Waals surface area contributed by atoms with Crippen molar-refractivity contribution >= 4 is 40.2 Å². The lowest BCUT2D eigenvalue weighted by molar-refractivity contribution is -0.133. The molecule has 1 fully saturated rings. The Morgan fingerprint density at radius 3 is 2.51 bits per heavy atom. The molecule has 0 aliphatic carbocycles. The van der Waals surface area contributed by atoms with E-state index in [1.54, 1.807) is 28.4 Å². The van der Waals surface area contributed by atoms with Crippen LogP contribution in [0.5, 0.6) is 5.75 Å². The molecule has 2 aliphatic heterocycles.